The molecule has 6 heteroatoms. The Balaban J connectivity index is 3.30. The largest absolute Gasteiger partial charge is 0.326 e. The van der Waals surface area contributed by atoms with Crippen molar-refractivity contribution < 1.29 is 8.42 Å². The third-order valence-corrected chi connectivity index (χ3v) is 5.80. The maximum atomic E-state index is 12.4. The van der Waals surface area contributed by atoms with Gasteiger partial charge in [-0.1, -0.05) is 12.8 Å². The number of hydrogen-bond donors (Lipinski definition) is 1. The van der Waals surface area contributed by atoms with Crippen LogP contribution in [0.5, 0.6) is 0 Å². The van der Waals surface area contributed by atoms with Crippen molar-refractivity contribution >= 4 is 21.4 Å². The number of nitrogens with zero attached hydrogens (tertiary/aromatic N) is 1. The standard InChI is InChI=1S/C11H16N2O2S2/c1-4-6-13(5-2)17(14,15)11-9(3)8-16-10(11)7-12/h1,8H,5-7,12H2,2-3H3. The molecule has 2 N–H and O–H groups in total. The highest BCUT2D eigenvalue weighted by Crippen LogP contribution is 2.28. The van der Waals surface area contributed by atoms with Gasteiger partial charge in [0.15, 0.2) is 0 Å². The number of terminal acetylenes is 1. The quantitative estimate of drug-likeness (QED) is 0.818. The first-order valence-electron chi connectivity index (χ1n) is 5.19. The molecule has 1 aromatic rings. The van der Waals surface area contributed by atoms with Gasteiger partial charge in [-0.3, -0.25) is 0 Å². The molecule has 0 aliphatic rings. The van der Waals surface area contributed by atoms with Crippen molar-refractivity contribution in [3.8, 4) is 12.3 Å². The first kappa shape index (κ1) is 14.2. The fourth-order valence-electron chi connectivity index (χ4n) is 1.57. The Kier molecular flexibility index (Phi) is 4.71. The Bertz CT molecular complexity index is 526. The van der Waals surface area contributed by atoms with Gasteiger partial charge in [-0.05, 0) is 17.9 Å². The van der Waals surface area contributed by atoms with Crippen LogP contribution < -0.4 is 5.73 Å². The molecule has 0 aliphatic carbocycles. The first-order valence-corrected chi connectivity index (χ1v) is 7.51. The van der Waals surface area contributed by atoms with Crippen LogP contribution in [-0.4, -0.2) is 25.8 Å². The van der Waals surface area contributed by atoms with Crippen molar-refractivity contribution in [3.05, 3.63) is 15.8 Å². The van der Waals surface area contributed by atoms with E-state index in [0.29, 0.717) is 16.3 Å². The fourth-order valence-corrected chi connectivity index (χ4v) is 4.59. The van der Waals surface area contributed by atoms with Gasteiger partial charge >= 0.3 is 0 Å². The van der Waals surface area contributed by atoms with E-state index < -0.39 is 10.0 Å². The third-order valence-electron chi connectivity index (χ3n) is 2.39. The molecule has 0 aromatic carbocycles. The Morgan fingerprint density at radius 2 is 2.24 bits per heavy atom. The van der Waals surface area contributed by atoms with Gasteiger partial charge in [0.25, 0.3) is 0 Å². The van der Waals surface area contributed by atoms with Crippen molar-refractivity contribution in [1.82, 2.24) is 4.31 Å². The summed E-state index contributed by atoms with van der Waals surface area (Å²) in [4.78, 5) is 1.00. The van der Waals surface area contributed by atoms with Crippen molar-refractivity contribution in [2.24, 2.45) is 5.73 Å². The van der Waals surface area contributed by atoms with E-state index in [-0.39, 0.29) is 13.1 Å². The summed E-state index contributed by atoms with van der Waals surface area (Å²) in [5.74, 6) is 2.36. The Hall–Kier alpha value is -0.870. The predicted molar refractivity (Wildman–Crippen MR) is 70.2 cm³/mol. The van der Waals surface area contributed by atoms with Crippen LogP contribution in [0.25, 0.3) is 0 Å². The number of hydrogen-bond acceptors (Lipinski definition) is 4. The second kappa shape index (κ2) is 5.65. The van der Waals surface area contributed by atoms with E-state index in [9.17, 15) is 8.42 Å². The normalized spacial score (nSPS) is 11.7. The molecular formula is C11H16N2O2S2. The van der Waals surface area contributed by atoms with Gasteiger partial charge in [0.2, 0.25) is 10.0 Å². The first-order chi connectivity index (χ1) is 7.98. The average Bonchev–Trinajstić information content (AvgIpc) is 2.67. The molecule has 0 saturated heterocycles. The highest BCUT2D eigenvalue weighted by atomic mass is 32.2. The predicted octanol–water partition coefficient (Wildman–Crippen LogP) is 1.16. The summed E-state index contributed by atoms with van der Waals surface area (Å²) < 4.78 is 26.1. The van der Waals surface area contributed by atoms with Gasteiger partial charge in [-0.25, -0.2) is 8.42 Å². The molecule has 0 atom stereocenters. The molecule has 0 unspecified atom stereocenters. The van der Waals surface area contributed by atoms with Crippen molar-refractivity contribution in [1.29, 1.82) is 0 Å². The van der Waals surface area contributed by atoms with Crippen LogP contribution in [0.15, 0.2) is 10.3 Å². The highest BCUT2D eigenvalue weighted by Gasteiger charge is 2.27. The molecule has 0 amide bonds. The van der Waals surface area contributed by atoms with E-state index in [1.165, 1.54) is 15.6 Å². The molecular weight excluding hydrogens is 256 g/mol. The van der Waals surface area contributed by atoms with Gasteiger partial charge in [-0.2, -0.15) is 4.31 Å². The van der Waals surface area contributed by atoms with Crippen molar-refractivity contribution in [2.45, 2.75) is 25.3 Å². The lowest BCUT2D eigenvalue weighted by Gasteiger charge is -2.18. The van der Waals surface area contributed by atoms with Gasteiger partial charge in [-0.15, -0.1) is 17.8 Å². The van der Waals surface area contributed by atoms with Crippen LogP contribution in [0.4, 0.5) is 0 Å². The summed E-state index contributed by atoms with van der Waals surface area (Å²) in [6, 6.07) is 0. The van der Waals surface area contributed by atoms with E-state index in [1.807, 2.05) is 0 Å². The van der Waals surface area contributed by atoms with Crippen molar-refractivity contribution in [3.63, 3.8) is 0 Å². The second-order valence-corrected chi connectivity index (χ2v) is 6.35. The summed E-state index contributed by atoms with van der Waals surface area (Å²) in [5, 5.41) is 1.80. The summed E-state index contributed by atoms with van der Waals surface area (Å²) in [6.45, 7) is 4.19. The minimum Gasteiger partial charge on any atom is -0.326 e. The maximum Gasteiger partial charge on any atom is 0.245 e. The monoisotopic (exact) mass is 272 g/mol. The topological polar surface area (TPSA) is 63.4 Å². The molecule has 0 saturated carbocycles. The molecule has 1 aromatic heterocycles. The third kappa shape index (κ3) is 2.69. The zero-order valence-electron chi connectivity index (χ0n) is 9.93. The molecule has 17 heavy (non-hydrogen) atoms. The summed E-state index contributed by atoms with van der Waals surface area (Å²) in [5.41, 5.74) is 6.29. The number of thiophene rings is 1. The van der Waals surface area contributed by atoms with Crippen LogP contribution >= 0.6 is 11.3 Å². The number of sulfonamides is 1. The lowest BCUT2D eigenvalue weighted by Crippen LogP contribution is -2.32. The van der Waals surface area contributed by atoms with Crippen LogP contribution in [0.1, 0.15) is 17.4 Å². The molecule has 0 bridgehead atoms. The minimum atomic E-state index is -3.52. The van der Waals surface area contributed by atoms with Gasteiger partial charge in [0.05, 0.1) is 6.54 Å². The molecule has 0 spiro atoms. The van der Waals surface area contributed by atoms with E-state index in [4.69, 9.17) is 12.2 Å². The number of rotatable bonds is 5. The molecule has 94 valence electrons. The smallest absolute Gasteiger partial charge is 0.245 e. The zero-order valence-corrected chi connectivity index (χ0v) is 11.6. The van der Waals surface area contributed by atoms with E-state index in [2.05, 4.69) is 5.92 Å². The minimum absolute atomic E-state index is 0.0815. The fraction of sp³-hybridized carbons (Fsp3) is 0.455. The van der Waals surface area contributed by atoms with Crippen LogP contribution in [0, 0.1) is 19.3 Å². The molecule has 1 rings (SSSR count). The van der Waals surface area contributed by atoms with Crippen LogP contribution in [-0.2, 0) is 16.6 Å². The van der Waals surface area contributed by atoms with E-state index in [0.717, 1.165) is 5.56 Å². The van der Waals surface area contributed by atoms with Crippen LogP contribution in [0.2, 0.25) is 0 Å². The van der Waals surface area contributed by atoms with Crippen molar-refractivity contribution in [2.75, 3.05) is 13.1 Å². The molecule has 4 nitrogen and oxygen atoms in total. The van der Waals surface area contributed by atoms with Crippen LogP contribution in [0.3, 0.4) is 0 Å². The zero-order chi connectivity index (χ0) is 13.1. The second-order valence-electron chi connectivity index (χ2n) is 3.51. The highest BCUT2D eigenvalue weighted by molar-refractivity contribution is 7.89. The average molecular weight is 272 g/mol. The summed E-state index contributed by atoms with van der Waals surface area (Å²) >= 11 is 1.37. The number of aryl methyl sites for hydroxylation is 1. The maximum absolute atomic E-state index is 12.4. The SMILES string of the molecule is C#CCN(CC)S(=O)(=O)c1c(C)csc1CN. The van der Waals surface area contributed by atoms with E-state index >= 15 is 0 Å². The summed E-state index contributed by atoms with van der Waals surface area (Å²) in [7, 11) is -3.52. The molecule has 0 fully saturated rings. The molecule has 1 heterocycles. The van der Waals surface area contributed by atoms with Gasteiger partial charge in [0.1, 0.15) is 4.90 Å². The number of nitrogens with two attached hydrogens (primary N) is 1. The Labute approximate surface area is 106 Å². The van der Waals surface area contributed by atoms with E-state index in [1.54, 1.807) is 19.2 Å². The van der Waals surface area contributed by atoms with Gasteiger partial charge in [0, 0.05) is 18.0 Å². The Morgan fingerprint density at radius 3 is 2.71 bits per heavy atom. The summed E-state index contributed by atoms with van der Waals surface area (Å²) in [6.07, 6.45) is 5.19. The van der Waals surface area contributed by atoms with Gasteiger partial charge < -0.3 is 5.73 Å². The Morgan fingerprint density at radius 1 is 1.59 bits per heavy atom. The lowest BCUT2D eigenvalue weighted by atomic mass is 10.3. The lowest BCUT2D eigenvalue weighted by molar-refractivity contribution is 0.463. The molecule has 0 radical (unpaired) electrons. The molecule has 0 aliphatic heterocycles.